The number of thiophene rings is 1. The van der Waals surface area contributed by atoms with Crippen molar-refractivity contribution >= 4 is 45.3 Å². The lowest BCUT2D eigenvalue weighted by molar-refractivity contribution is -0.132. The van der Waals surface area contributed by atoms with Crippen molar-refractivity contribution in [2.75, 3.05) is 12.0 Å². The molecule has 1 N–H and O–H groups in total. The summed E-state index contributed by atoms with van der Waals surface area (Å²) in [4.78, 5) is 26.9. The Bertz CT molecular complexity index is 1070. The molecular weight excluding hydrogens is 398 g/mol. The molecule has 7 nitrogen and oxygen atoms in total. The molecule has 1 aromatic carbocycles. The average molecular weight is 413 g/mol. The molecule has 1 atom stereocenters. The molecule has 3 aromatic rings. The SMILES string of the molecule is COc1cc(/C(O)=C2\C(=O)C(=O)N(c3nncs3)C2c2ccsc2)ccc1C. The standard InChI is InChI=1S/C19H15N3O4S2/c1-10-3-4-11(7-13(10)26-2)16(23)14-15(12-5-6-27-8-12)22(18(25)17(14)24)19-21-20-9-28-19/h3-9,15,23H,1-2H3/b16-14+. The molecule has 0 bridgehead atoms. The number of aliphatic hydroxyl groups is 1. The van der Waals surface area contributed by atoms with Gasteiger partial charge in [-0.05, 0) is 40.9 Å². The van der Waals surface area contributed by atoms with Gasteiger partial charge in [-0.15, -0.1) is 10.2 Å². The van der Waals surface area contributed by atoms with Gasteiger partial charge in [-0.3, -0.25) is 14.5 Å². The van der Waals surface area contributed by atoms with Crippen LogP contribution in [0.4, 0.5) is 5.13 Å². The van der Waals surface area contributed by atoms with E-state index in [0.717, 1.165) is 22.5 Å². The van der Waals surface area contributed by atoms with Crippen LogP contribution in [0.2, 0.25) is 0 Å². The summed E-state index contributed by atoms with van der Waals surface area (Å²) >= 11 is 2.59. The number of anilines is 1. The highest BCUT2D eigenvalue weighted by molar-refractivity contribution is 7.13. The number of carbonyl (C=O) groups excluding carboxylic acids is 2. The topological polar surface area (TPSA) is 92.6 Å². The fourth-order valence-corrected chi connectivity index (χ4v) is 4.43. The Morgan fingerprint density at radius 3 is 2.75 bits per heavy atom. The van der Waals surface area contributed by atoms with Crippen LogP contribution in [-0.4, -0.2) is 34.1 Å². The van der Waals surface area contributed by atoms with Crippen LogP contribution in [0.3, 0.4) is 0 Å². The quantitative estimate of drug-likeness (QED) is 0.400. The van der Waals surface area contributed by atoms with Gasteiger partial charge >= 0.3 is 5.91 Å². The number of Topliss-reactive ketones (excluding diaryl/α,β-unsaturated/α-hetero) is 1. The number of ether oxygens (including phenoxy) is 1. The van der Waals surface area contributed by atoms with Gasteiger partial charge in [0.2, 0.25) is 5.13 Å². The minimum atomic E-state index is -0.772. The molecule has 1 amide bonds. The van der Waals surface area contributed by atoms with Gasteiger partial charge < -0.3 is 9.84 Å². The van der Waals surface area contributed by atoms with Crippen LogP contribution in [-0.2, 0) is 9.59 Å². The number of hydrogen-bond donors (Lipinski definition) is 1. The molecule has 1 aliphatic rings. The van der Waals surface area contributed by atoms with E-state index in [-0.39, 0.29) is 11.3 Å². The highest BCUT2D eigenvalue weighted by Crippen LogP contribution is 2.43. The number of methoxy groups -OCH3 is 1. The van der Waals surface area contributed by atoms with Crippen molar-refractivity contribution in [1.82, 2.24) is 10.2 Å². The molecule has 142 valence electrons. The van der Waals surface area contributed by atoms with Crippen LogP contribution < -0.4 is 9.64 Å². The summed E-state index contributed by atoms with van der Waals surface area (Å²) in [5.74, 6) is -1.17. The second-order valence-corrected chi connectivity index (χ2v) is 7.72. The Labute approximate surface area is 168 Å². The molecule has 0 aliphatic carbocycles. The lowest BCUT2D eigenvalue weighted by Crippen LogP contribution is -2.29. The Balaban J connectivity index is 1.92. The third-order valence-corrected chi connectivity index (χ3v) is 5.93. The molecule has 0 radical (unpaired) electrons. The van der Waals surface area contributed by atoms with Crippen molar-refractivity contribution in [3.8, 4) is 5.75 Å². The second-order valence-electron chi connectivity index (χ2n) is 6.13. The number of aliphatic hydroxyl groups excluding tert-OH is 1. The van der Waals surface area contributed by atoms with Gasteiger partial charge in [-0.25, -0.2) is 0 Å². The molecule has 28 heavy (non-hydrogen) atoms. The van der Waals surface area contributed by atoms with Crippen molar-refractivity contribution in [3.63, 3.8) is 0 Å². The fraction of sp³-hybridized carbons (Fsp3) is 0.158. The predicted octanol–water partition coefficient (Wildman–Crippen LogP) is 3.54. The van der Waals surface area contributed by atoms with E-state index in [0.29, 0.717) is 16.4 Å². The van der Waals surface area contributed by atoms with Gasteiger partial charge in [-0.1, -0.05) is 23.5 Å². The van der Waals surface area contributed by atoms with Crippen LogP contribution in [0, 0.1) is 6.92 Å². The summed E-state index contributed by atoms with van der Waals surface area (Å²) in [6.07, 6.45) is 0. The summed E-state index contributed by atoms with van der Waals surface area (Å²) in [6, 6.07) is 6.17. The first-order valence-corrected chi connectivity index (χ1v) is 10.1. The maximum absolute atomic E-state index is 12.9. The summed E-state index contributed by atoms with van der Waals surface area (Å²) < 4.78 is 5.31. The van der Waals surface area contributed by atoms with Crippen molar-refractivity contribution < 1.29 is 19.4 Å². The van der Waals surface area contributed by atoms with E-state index in [1.165, 1.54) is 28.9 Å². The lowest BCUT2D eigenvalue weighted by atomic mass is 9.96. The number of ketones is 1. The predicted molar refractivity (Wildman–Crippen MR) is 107 cm³/mol. The third-order valence-electron chi connectivity index (χ3n) is 4.54. The van der Waals surface area contributed by atoms with Crippen LogP contribution in [0.15, 0.2) is 46.1 Å². The van der Waals surface area contributed by atoms with Gasteiger partial charge in [0.25, 0.3) is 5.78 Å². The molecule has 3 heterocycles. The van der Waals surface area contributed by atoms with Crippen molar-refractivity contribution in [2.24, 2.45) is 0 Å². The number of aromatic nitrogens is 2. The Morgan fingerprint density at radius 2 is 2.11 bits per heavy atom. The van der Waals surface area contributed by atoms with E-state index in [1.807, 2.05) is 23.8 Å². The number of benzene rings is 1. The van der Waals surface area contributed by atoms with E-state index in [2.05, 4.69) is 10.2 Å². The molecule has 1 aliphatic heterocycles. The van der Waals surface area contributed by atoms with Crippen molar-refractivity contribution in [1.29, 1.82) is 0 Å². The van der Waals surface area contributed by atoms with Crippen molar-refractivity contribution in [2.45, 2.75) is 13.0 Å². The molecular formula is C19H15N3O4S2. The highest BCUT2D eigenvalue weighted by atomic mass is 32.1. The first kappa shape index (κ1) is 18.3. The zero-order valence-corrected chi connectivity index (χ0v) is 16.6. The molecule has 0 saturated carbocycles. The maximum atomic E-state index is 12.9. The van der Waals surface area contributed by atoms with Gasteiger partial charge in [0.15, 0.2) is 0 Å². The van der Waals surface area contributed by atoms with Gasteiger partial charge in [0, 0.05) is 5.56 Å². The zero-order chi connectivity index (χ0) is 19.8. The molecule has 2 aromatic heterocycles. The summed E-state index contributed by atoms with van der Waals surface area (Å²) in [5.41, 5.74) is 3.52. The number of hydrogen-bond acceptors (Lipinski definition) is 8. The Morgan fingerprint density at radius 1 is 1.29 bits per heavy atom. The van der Waals surface area contributed by atoms with E-state index >= 15 is 0 Å². The molecule has 9 heteroatoms. The smallest absolute Gasteiger partial charge is 0.301 e. The number of nitrogens with zero attached hydrogens (tertiary/aromatic N) is 3. The van der Waals surface area contributed by atoms with Crippen LogP contribution in [0.25, 0.3) is 5.76 Å². The maximum Gasteiger partial charge on any atom is 0.301 e. The van der Waals surface area contributed by atoms with Crippen LogP contribution in [0.5, 0.6) is 5.75 Å². The largest absolute Gasteiger partial charge is 0.507 e. The number of rotatable bonds is 4. The zero-order valence-electron chi connectivity index (χ0n) is 14.9. The summed E-state index contributed by atoms with van der Waals surface area (Å²) in [5, 5.41) is 22.7. The van der Waals surface area contributed by atoms with E-state index in [9.17, 15) is 14.7 Å². The van der Waals surface area contributed by atoms with Gasteiger partial charge in [0.1, 0.15) is 17.0 Å². The minimum Gasteiger partial charge on any atom is -0.507 e. The molecule has 1 saturated heterocycles. The fourth-order valence-electron chi connectivity index (χ4n) is 3.17. The molecule has 1 fully saturated rings. The van der Waals surface area contributed by atoms with Gasteiger partial charge in [-0.2, -0.15) is 11.3 Å². The Hall–Kier alpha value is -3.04. The molecule has 1 unspecified atom stereocenters. The molecule has 0 spiro atoms. The second kappa shape index (κ2) is 7.17. The summed E-state index contributed by atoms with van der Waals surface area (Å²) in [6.45, 7) is 1.88. The first-order valence-electron chi connectivity index (χ1n) is 8.27. The third kappa shape index (κ3) is 2.88. The van der Waals surface area contributed by atoms with E-state index in [4.69, 9.17) is 4.74 Å². The van der Waals surface area contributed by atoms with E-state index < -0.39 is 17.7 Å². The van der Waals surface area contributed by atoms with Crippen LogP contribution in [0.1, 0.15) is 22.7 Å². The Kier molecular flexibility index (Phi) is 4.70. The first-order chi connectivity index (χ1) is 13.5. The monoisotopic (exact) mass is 413 g/mol. The molecule has 4 rings (SSSR count). The minimum absolute atomic E-state index is 0.0181. The van der Waals surface area contributed by atoms with Gasteiger partial charge in [0.05, 0.1) is 18.7 Å². The average Bonchev–Trinajstić information content (AvgIpc) is 3.44. The van der Waals surface area contributed by atoms with E-state index in [1.54, 1.807) is 18.2 Å². The summed E-state index contributed by atoms with van der Waals surface area (Å²) in [7, 11) is 1.53. The lowest BCUT2D eigenvalue weighted by Gasteiger charge is -2.21. The highest BCUT2D eigenvalue weighted by Gasteiger charge is 2.48. The number of carbonyl (C=O) groups is 2. The number of aryl methyl sites for hydroxylation is 1. The number of amides is 1. The van der Waals surface area contributed by atoms with Crippen LogP contribution >= 0.6 is 22.7 Å². The normalized spacial score (nSPS) is 18.6. The van der Waals surface area contributed by atoms with Crippen molar-refractivity contribution in [3.05, 3.63) is 62.8 Å².